The zero-order chi connectivity index (χ0) is 7.33. The molecule has 0 aliphatic heterocycles. The minimum Gasteiger partial charge on any atom is -0.396 e. The Kier molecular flexibility index (Phi) is 14.1. The van der Waals surface area contributed by atoms with Crippen molar-refractivity contribution in [2.45, 2.75) is 0 Å². The summed E-state index contributed by atoms with van der Waals surface area (Å²) in [6.45, 7) is -1.62. The van der Waals surface area contributed by atoms with E-state index in [2.05, 4.69) is 0 Å². The Bertz CT molecular complexity index is 59.4. The van der Waals surface area contributed by atoms with Crippen LogP contribution in [0.1, 0.15) is 0 Å². The summed E-state index contributed by atoms with van der Waals surface area (Å²) in [6, 6.07) is 0. The predicted octanol–water partition coefficient (Wildman–Crippen LogP) is -1.94. The van der Waals surface area contributed by atoms with Gasteiger partial charge in [-0.05, 0) is 0 Å². The van der Waals surface area contributed by atoms with Gasteiger partial charge in [0.05, 0.1) is 31.8 Å². The lowest BCUT2D eigenvalue weighted by atomic mass is 9.93. The van der Waals surface area contributed by atoms with Gasteiger partial charge in [0.15, 0.2) is 0 Å². The lowest BCUT2D eigenvalue weighted by Gasteiger charge is -2.23. The first-order valence-electron chi connectivity index (χ1n) is 2.68. The summed E-state index contributed by atoms with van der Waals surface area (Å²) >= 11 is 0. The highest BCUT2D eigenvalue weighted by atomic mass is 31.0. The molecule has 0 spiro atoms. The first-order valence-corrected chi connectivity index (χ1v) is 2.68. The van der Waals surface area contributed by atoms with Crippen LogP contribution < -0.4 is 0 Å². The molecule has 0 heterocycles. The van der Waals surface area contributed by atoms with E-state index >= 15 is 0 Å². The normalized spacial score (nSPS) is 9.82. The van der Waals surface area contributed by atoms with Crippen LogP contribution in [0, 0.1) is 5.41 Å². The molecule has 4 nitrogen and oxygen atoms in total. The number of rotatable bonds is 4. The molecule has 0 saturated heterocycles. The summed E-state index contributed by atoms with van der Waals surface area (Å²) in [4.78, 5) is 0. The summed E-state index contributed by atoms with van der Waals surface area (Å²) < 4.78 is 0. The van der Waals surface area contributed by atoms with Gasteiger partial charge < -0.3 is 20.4 Å². The fraction of sp³-hybridized carbons (Fsp3) is 1.00. The molecule has 6 heteroatoms. The molecule has 0 bridgehead atoms. The Morgan fingerprint density at radius 3 is 0.818 bits per heavy atom. The van der Waals surface area contributed by atoms with E-state index in [4.69, 9.17) is 20.4 Å². The maximum absolute atomic E-state index is 8.50. The molecule has 0 aromatic carbocycles. The van der Waals surface area contributed by atoms with Crippen molar-refractivity contribution < 1.29 is 20.4 Å². The molecule has 0 fully saturated rings. The molecule has 72 valence electrons. The van der Waals surface area contributed by atoms with E-state index in [0.717, 1.165) is 0 Å². The van der Waals surface area contributed by atoms with Gasteiger partial charge in [-0.1, -0.05) is 0 Å². The Morgan fingerprint density at radius 2 is 0.818 bits per heavy atom. The molecule has 0 aliphatic rings. The van der Waals surface area contributed by atoms with Crippen LogP contribution in [0.4, 0.5) is 0 Å². The average Bonchev–Trinajstić information content (AvgIpc) is 1.95. The van der Waals surface area contributed by atoms with Crippen molar-refractivity contribution in [3.05, 3.63) is 0 Å². The van der Waals surface area contributed by atoms with Crippen LogP contribution in [0.5, 0.6) is 0 Å². The first-order chi connectivity index (χ1) is 4.24. The van der Waals surface area contributed by atoms with Crippen LogP contribution in [0.2, 0.25) is 0 Å². The number of aliphatic hydroxyl groups excluding tert-OH is 4. The maximum atomic E-state index is 8.50. The lowest BCUT2D eigenvalue weighted by Crippen LogP contribution is -2.37. The molecule has 0 saturated carbocycles. The predicted molar refractivity (Wildman–Crippen MR) is 53.0 cm³/mol. The Morgan fingerprint density at radius 1 is 0.636 bits per heavy atom. The first kappa shape index (κ1) is 17.7. The van der Waals surface area contributed by atoms with Crippen molar-refractivity contribution in [1.29, 1.82) is 0 Å². The van der Waals surface area contributed by atoms with Gasteiger partial charge in [-0.2, -0.15) is 19.8 Å². The SMILES string of the molecule is OCC(CO)(CO)CO.P.P. The molecule has 0 aliphatic carbocycles. The largest absolute Gasteiger partial charge is 0.396 e. The maximum Gasteiger partial charge on any atom is 0.0627 e. The molecule has 2 unspecified atom stereocenters. The number of hydrogen-bond acceptors (Lipinski definition) is 4. The highest BCUT2D eigenvalue weighted by Gasteiger charge is 2.26. The summed E-state index contributed by atoms with van der Waals surface area (Å²) in [5.41, 5.74) is -1.11. The van der Waals surface area contributed by atoms with Gasteiger partial charge in [-0.3, -0.25) is 0 Å². The van der Waals surface area contributed by atoms with E-state index in [-0.39, 0.29) is 19.8 Å². The monoisotopic (exact) mass is 204 g/mol. The number of aliphatic hydroxyl groups is 4. The second-order valence-corrected chi connectivity index (χ2v) is 2.13. The van der Waals surface area contributed by atoms with Gasteiger partial charge in [0.1, 0.15) is 0 Å². The fourth-order valence-corrected chi connectivity index (χ4v) is 0.300. The Labute approximate surface area is 72.9 Å². The van der Waals surface area contributed by atoms with E-state index in [9.17, 15) is 0 Å². The highest BCUT2D eigenvalue weighted by Crippen LogP contribution is 2.11. The van der Waals surface area contributed by atoms with Crippen molar-refractivity contribution in [3.63, 3.8) is 0 Å². The zero-order valence-corrected chi connectivity index (χ0v) is 9.36. The minimum absolute atomic E-state index is 0. The molecule has 0 aromatic heterocycles. The smallest absolute Gasteiger partial charge is 0.0627 e. The van der Waals surface area contributed by atoms with Crippen LogP contribution in [0.15, 0.2) is 0 Å². The Balaban J connectivity index is -0.000000320. The topological polar surface area (TPSA) is 80.9 Å². The van der Waals surface area contributed by atoms with E-state index in [1.807, 2.05) is 0 Å². The van der Waals surface area contributed by atoms with Crippen molar-refractivity contribution in [3.8, 4) is 0 Å². The van der Waals surface area contributed by atoms with Gasteiger partial charge in [-0.25, -0.2) is 0 Å². The quantitative estimate of drug-likeness (QED) is 0.401. The third-order valence-electron chi connectivity index (χ3n) is 1.34. The molecule has 0 radical (unpaired) electrons. The van der Waals surface area contributed by atoms with Crippen molar-refractivity contribution >= 4 is 19.8 Å². The third kappa shape index (κ3) is 5.02. The summed E-state index contributed by atoms with van der Waals surface area (Å²) in [6.07, 6.45) is 0. The van der Waals surface area contributed by atoms with Gasteiger partial charge in [0.25, 0.3) is 0 Å². The molecule has 0 aromatic rings. The Hall–Kier alpha value is 0.700. The standard InChI is InChI=1S/C5H12O4.2H3P/c6-1-5(2-7,3-8)4-9;;/h6-9H,1-4H2;2*1H3. The van der Waals surface area contributed by atoms with Gasteiger partial charge in [-0.15, -0.1) is 0 Å². The van der Waals surface area contributed by atoms with Crippen LogP contribution in [-0.4, -0.2) is 46.9 Å². The second-order valence-electron chi connectivity index (χ2n) is 2.13. The molecular weight excluding hydrogens is 186 g/mol. The zero-order valence-electron chi connectivity index (χ0n) is 6.53. The molecule has 0 rings (SSSR count). The lowest BCUT2D eigenvalue weighted by molar-refractivity contribution is -0.0328. The van der Waals surface area contributed by atoms with Crippen LogP contribution in [0.3, 0.4) is 0 Å². The average molecular weight is 204 g/mol. The number of hydrogen-bond donors (Lipinski definition) is 4. The highest BCUT2D eigenvalue weighted by molar-refractivity contribution is 6.92. The van der Waals surface area contributed by atoms with E-state index in [0.29, 0.717) is 0 Å². The van der Waals surface area contributed by atoms with E-state index in [1.165, 1.54) is 0 Å². The summed E-state index contributed by atoms with van der Waals surface area (Å²) in [5, 5.41) is 34.0. The molecule has 2 atom stereocenters. The third-order valence-corrected chi connectivity index (χ3v) is 1.34. The molecule has 11 heavy (non-hydrogen) atoms. The van der Waals surface area contributed by atoms with Crippen molar-refractivity contribution in [2.24, 2.45) is 5.41 Å². The van der Waals surface area contributed by atoms with Crippen LogP contribution in [0.25, 0.3) is 0 Å². The van der Waals surface area contributed by atoms with Gasteiger partial charge >= 0.3 is 0 Å². The van der Waals surface area contributed by atoms with Crippen molar-refractivity contribution in [1.82, 2.24) is 0 Å². The van der Waals surface area contributed by atoms with E-state index < -0.39 is 31.8 Å². The molecule has 4 N–H and O–H groups in total. The summed E-state index contributed by atoms with van der Waals surface area (Å²) in [5.74, 6) is 0. The van der Waals surface area contributed by atoms with E-state index in [1.54, 1.807) is 0 Å². The fourth-order valence-electron chi connectivity index (χ4n) is 0.300. The molecular formula is C5H18O4P2. The second kappa shape index (κ2) is 8.79. The van der Waals surface area contributed by atoms with Crippen LogP contribution >= 0.6 is 19.8 Å². The van der Waals surface area contributed by atoms with Crippen LogP contribution in [-0.2, 0) is 0 Å². The van der Waals surface area contributed by atoms with Gasteiger partial charge in [0, 0.05) is 0 Å². The van der Waals surface area contributed by atoms with Gasteiger partial charge in [0.2, 0.25) is 0 Å². The molecule has 0 amide bonds. The summed E-state index contributed by atoms with van der Waals surface area (Å²) in [7, 11) is 0. The minimum atomic E-state index is -1.11. The van der Waals surface area contributed by atoms with Crippen molar-refractivity contribution in [2.75, 3.05) is 26.4 Å².